The highest BCUT2D eigenvalue weighted by atomic mass is 19.1. The molecule has 186 valence electrons. The van der Waals surface area contributed by atoms with E-state index in [0.29, 0.717) is 16.7 Å². The molecule has 0 spiro atoms. The zero-order valence-electron chi connectivity index (χ0n) is 20.8. The molecule has 0 bridgehead atoms. The van der Waals surface area contributed by atoms with Crippen LogP contribution in [-0.4, -0.2) is 40.4 Å². The van der Waals surface area contributed by atoms with Crippen LogP contribution in [0.4, 0.5) is 8.78 Å². The van der Waals surface area contributed by atoms with Gasteiger partial charge in [-0.15, -0.1) is 0 Å². The van der Waals surface area contributed by atoms with Crippen molar-refractivity contribution in [2.75, 3.05) is 13.7 Å². The summed E-state index contributed by atoms with van der Waals surface area (Å²) in [6.45, 7) is 7.95. The van der Waals surface area contributed by atoms with Crippen LogP contribution >= 0.6 is 0 Å². The molecule has 5 nitrogen and oxygen atoms in total. The molecular weight excluding hydrogens is 450 g/mol. The Bertz CT molecular complexity index is 1280. The predicted molar refractivity (Wildman–Crippen MR) is 135 cm³/mol. The molecule has 35 heavy (non-hydrogen) atoms. The summed E-state index contributed by atoms with van der Waals surface area (Å²) < 4.78 is 35.4. The van der Waals surface area contributed by atoms with Gasteiger partial charge in [0.05, 0.1) is 13.2 Å². The summed E-state index contributed by atoms with van der Waals surface area (Å²) in [5.74, 6) is -1.74. The van der Waals surface area contributed by atoms with Gasteiger partial charge < -0.3 is 19.3 Å². The maximum Gasteiger partial charge on any atom is 0.355 e. The predicted octanol–water partition coefficient (Wildman–Crippen LogP) is 6.03. The van der Waals surface area contributed by atoms with Crippen LogP contribution < -0.4 is 0 Å². The number of aliphatic hydroxyl groups excluding tert-OH is 1. The SMILES string of the molecule is CCC.CCOC(=O)c1c(C2=CC=CN(C)C2O)c2cc(C)ccc2n1Cc1cc(F)ccc1F. The smallest absolute Gasteiger partial charge is 0.355 e. The number of rotatable bonds is 5. The topological polar surface area (TPSA) is 54.7 Å². The molecule has 0 fully saturated rings. The lowest BCUT2D eigenvalue weighted by atomic mass is 9.97. The third-order valence-corrected chi connectivity index (χ3v) is 5.57. The van der Waals surface area contributed by atoms with Gasteiger partial charge in [-0.2, -0.15) is 0 Å². The first kappa shape index (κ1) is 26.2. The Balaban J connectivity index is 0.00000108. The van der Waals surface area contributed by atoms with E-state index in [1.54, 1.807) is 41.8 Å². The first-order valence-corrected chi connectivity index (χ1v) is 11.8. The number of allylic oxidation sites excluding steroid dienone is 2. The number of nitrogens with zero attached hydrogens (tertiary/aromatic N) is 2. The standard InChI is InChI=1S/C25H24F2N2O3.C3H8/c1-4-32-25(31)23-22(18-6-5-11-28(3)24(18)30)19-12-15(2)7-10-21(19)29(23)14-16-13-17(26)8-9-20(16)27;1-3-2/h5-13,24,30H,4,14H2,1-3H3;3H2,1-2H3. The van der Waals surface area contributed by atoms with Gasteiger partial charge in [-0.3, -0.25) is 0 Å². The zero-order valence-corrected chi connectivity index (χ0v) is 20.8. The number of aliphatic hydroxyl groups is 1. The lowest BCUT2D eigenvalue weighted by Crippen LogP contribution is -2.30. The van der Waals surface area contributed by atoms with Gasteiger partial charge in [0.15, 0.2) is 6.23 Å². The number of esters is 1. The summed E-state index contributed by atoms with van der Waals surface area (Å²) >= 11 is 0. The second kappa shape index (κ2) is 11.3. The molecule has 1 N–H and O–H groups in total. The van der Waals surface area contributed by atoms with E-state index in [0.717, 1.165) is 29.1 Å². The number of aromatic nitrogens is 1. The third-order valence-electron chi connectivity index (χ3n) is 5.57. The van der Waals surface area contributed by atoms with Crippen molar-refractivity contribution in [2.24, 2.45) is 0 Å². The second-order valence-electron chi connectivity index (χ2n) is 8.50. The molecule has 0 amide bonds. The molecule has 3 aromatic rings. The number of likely N-dealkylation sites (N-methyl/N-ethyl adjacent to an activating group) is 1. The molecule has 0 saturated heterocycles. The number of fused-ring (bicyclic) bond motifs is 1. The van der Waals surface area contributed by atoms with Crippen molar-refractivity contribution in [1.29, 1.82) is 0 Å². The number of benzene rings is 2. The number of hydrogen-bond acceptors (Lipinski definition) is 4. The van der Waals surface area contributed by atoms with Crippen molar-refractivity contribution in [3.8, 4) is 0 Å². The average molecular weight is 483 g/mol. The van der Waals surface area contributed by atoms with Gasteiger partial charge in [0.1, 0.15) is 17.3 Å². The van der Waals surface area contributed by atoms with Gasteiger partial charge in [0, 0.05) is 40.9 Å². The molecule has 2 aromatic carbocycles. The van der Waals surface area contributed by atoms with E-state index in [2.05, 4.69) is 13.8 Å². The Morgan fingerprint density at radius 3 is 2.51 bits per heavy atom. The van der Waals surface area contributed by atoms with Crippen molar-refractivity contribution in [3.63, 3.8) is 0 Å². The van der Waals surface area contributed by atoms with Crippen LogP contribution in [0.5, 0.6) is 0 Å². The summed E-state index contributed by atoms with van der Waals surface area (Å²) in [6, 6.07) is 8.88. The largest absolute Gasteiger partial charge is 0.461 e. The van der Waals surface area contributed by atoms with Crippen molar-refractivity contribution < 1.29 is 23.4 Å². The number of aryl methyl sites for hydroxylation is 1. The fourth-order valence-electron chi connectivity index (χ4n) is 4.05. The van der Waals surface area contributed by atoms with E-state index >= 15 is 0 Å². The van der Waals surface area contributed by atoms with Crippen LogP contribution in [0.15, 0.2) is 54.8 Å². The quantitative estimate of drug-likeness (QED) is 0.451. The molecule has 1 aliphatic rings. The average Bonchev–Trinajstić information content (AvgIpc) is 3.12. The van der Waals surface area contributed by atoms with Crippen LogP contribution in [0.2, 0.25) is 0 Å². The molecule has 0 aliphatic carbocycles. The Morgan fingerprint density at radius 1 is 1.11 bits per heavy atom. The van der Waals surface area contributed by atoms with E-state index in [1.807, 2.05) is 25.1 Å². The highest BCUT2D eigenvalue weighted by Crippen LogP contribution is 2.37. The number of hydrogen-bond donors (Lipinski definition) is 1. The fourth-order valence-corrected chi connectivity index (χ4v) is 4.05. The number of ether oxygens (including phenoxy) is 1. The third kappa shape index (κ3) is 5.46. The fraction of sp³-hybridized carbons (Fsp3) is 0.321. The second-order valence-corrected chi connectivity index (χ2v) is 8.50. The summed E-state index contributed by atoms with van der Waals surface area (Å²) in [6.07, 6.45) is 5.52. The first-order valence-electron chi connectivity index (χ1n) is 11.8. The minimum absolute atomic E-state index is 0.0770. The monoisotopic (exact) mass is 482 g/mol. The molecule has 1 unspecified atom stereocenters. The van der Waals surface area contributed by atoms with E-state index in [4.69, 9.17) is 4.74 Å². The molecule has 4 rings (SSSR count). The van der Waals surface area contributed by atoms with Crippen LogP contribution in [0, 0.1) is 18.6 Å². The molecule has 7 heteroatoms. The van der Waals surface area contributed by atoms with E-state index < -0.39 is 23.8 Å². The lowest BCUT2D eigenvalue weighted by molar-refractivity contribution is 0.0514. The molecular formula is C28H32F2N2O3. The minimum atomic E-state index is -0.987. The molecule has 2 heterocycles. The molecule has 0 radical (unpaired) electrons. The zero-order chi connectivity index (χ0) is 25.7. The molecule has 1 atom stereocenters. The Kier molecular flexibility index (Phi) is 8.46. The van der Waals surface area contributed by atoms with Gasteiger partial charge in [-0.1, -0.05) is 38.0 Å². The Hall–Kier alpha value is -3.45. The Labute approximate surface area is 204 Å². The van der Waals surface area contributed by atoms with Crippen molar-refractivity contribution >= 4 is 22.4 Å². The maximum atomic E-state index is 14.5. The van der Waals surface area contributed by atoms with Crippen LogP contribution in [-0.2, 0) is 11.3 Å². The minimum Gasteiger partial charge on any atom is -0.461 e. The van der Waals surface area contributed by atoms with E-state index in [-0.39, 0.29) is 24.4 Å². The summed E-state index contributed by atoms with van der Waals surface area (Å²) in [5.41, 5.74) is 2.94. The number of halogens is 2. The highest BCUT2D eigenvalue weighted by molar-refractivity contribution is 6.06. The lowest BCUT2D eigenvalue weighted by Gasteiger charge is -2.27. The van der Waals surface area contributed by atoms with Gasteiger partial charge >= 0.3 is 5.97 Å². The number of carbonyl (C=O) groups is 1. The normalized spacial score (nSPS) is 15.0. The summed E-state index contributed by atoms with van der Waals surface area (Å²) in [5, 5.41) is 11.6. The molecule has 1 aromatic heterocycles. The van der Waals surface area contributed by atoms with Crippen LogP contribution in [0.25, 0.3) is 16.5 Å². The molecule has 0 saturated carbocycles. The van der Waals surface area contributed by atoms with E-state index in [1.165, 1.54) is 6.42 Å². The van der Waals surface area contributed by atoms with Crippen molar-refractivity contribution in [3.05, 3.63) is 88.8 Å². The highest BCUT2D eigenvalue weighted by Gasteiger charge is 2.30. The van der Waals surface area contributed by atoms with Crippen molar-refractivity contribution in [2.45, 2.75) is 46.9 Å². The Morgan fingerprint density at radius 2 is 1.83 bits per heavy atom. The van der Waals surface area contributed by atoms with Crippen LogP contribution in [0.3, 0.4) is 0 Å². The first-order chi connectivity index (χ1) is 16.7. The van der Waals surface area contributed by atoms with Gasteiger partial charge in [0.25, 0.3) is 0 Å². The summed E-state index contributed by atoms with van der Waals surface area (Å²) in [7, 11) is 1.73. The van der Waals surface area contributed by atoms with E-state index in [9.17, 15) is 18.7 Å². The van der Waals surface area contributed by atoms with Gasteiger partial charge in [-0.25, -0.2) is 13.6 Å². The number of carbonyl (C=O) groups excluding carboxylic acids is 1. The summed E-state index contributed by atoms with van der Waals surface area (Å²) in [4.78, 5) is 14.8. The van der Waals surface area contributed by atoms with Crippen LogP contribution in [0.1, 0.15) is 54.4 Å². The van der Waals surface area contributed by atoms with Gasteiger partial charge in [-0.05, 0) is 50.3 Å². The molecule has 1 aliphatic heterocycles. The van der Waals surface area contributed by atoms with Crippen molar-refractivity contribution in [1.82, 2.24) is 9.47 Å². The van der Waals surface area contributed by atoms with Gasteiger partial charge in [0.2, 0.25) is 0 Å². The maximum absolute atomic E-state index is 14.5.